The molecule has 262 valence electrons. The van der Waals surface area contributed by atoms with E-state index in [1.165, 1.54) is 42.7 Å². The summed E-state index contributed by atoms with van der Waals surface area (Å²) in [5.74, 6) is -0.754. The van der Waals surface area contributed by atoms with E-state index < -0.39 is 23.4 Å². The molecule has 13 nitrogen and oxygen atoms in total. The molecule has 3 aromatic carbocycles. The SMILES string of the molecule is CCOC(=O)C1=C(N)n2c(s/c(=C/c3cc(OC)c(OC)c(OC)c3)c2=O)=C(C(=O)Nc2ccccc2)C1c1cc(OC)c(OC)c(OC)c1. The number of para-hydroxylation sites is 1. The van der Waals surface area contributed by atoms with E-state index in [-0.39, 0.29) is 44.3 Å². The number of fused-ring (bicyclic) bond motifs is 1. The van der Waals surface area contributed by atoms with Crippen LogP contribution in [0.15, 0.2) is 65.0 Å². The van der Waals surface area contributed by atoms with Crippen LogP contribution < -0.4 is 54.2 Å². The summed E-state index contributed by atoms with van der Waals surface area (Å²) in [5.41, 5.74) is 7.55. The number of nitrogens with zero attached hydrogens (tertiary/aromatic N) is 1. The number of thiazole rings is 1. The minimum Gasteiger partial charge on any atom is -0.493 e. The molecule has 0 bridgehead atoms. The van der Waals surface area contributed by atoms with Crippen molar-refractivity contribution in [2.75, 3.05) is 54.6 Å². The Bertz CT molecular complexity index is 2100. The van der Waals surface area contributed by atoms with Crippen LogP contribution in [0.4, 0.5) is 5.69 Å². The predicted molar refractivity (Wildman–Crippen MR) is 189 cm³/mol. The van der Waals surface area contributed by atoms with Crippen molar-refractivity contribution >= 4 is 46.4 Å². The number of anilines is 1. The quantitative estimate of drug-likeness (QED) is 0.209. The van der Waals surface area contributed by atoms with Crippen molar-refractivity contribution in [1.29, 1.82) is 0 Å². The van der Waals surface area contributed by atoms with Crippen LogP contribution in [0.2, 0.25) is 0 Å². The zero-order valence-electron chi connectivity index (χ0n) is 28.6. The number of rotatable bonds is 12. The van der Waals surface area contributed by atoms with Gasteiger partial charge in [0.1, 0.15) is 10.5 Å². The zero-order chi connectivity index (χ0) is 36.1. The molecular formula is C36H37N3O10S. The van der Waals surface area contributed by atoms with Gasteiger partial charge in [-0.25, -0.2) is 4.79 Å². The highest BCUT2D eigenvalue weighted by Crippen LogP contribution is 2.45. The summed E-state index contributed by atoms with van der Waals surface area (Å²) in [6.07, 6.45) is 1.61. The molecule has 5 rings (SSSR count). The summed E-state index contributed by atoms with van der Waals surface area (Å²) in [6.45, 7) is 1.65. The number of methoxy groups -OCH3 is 6. The number of carbonyl (C=O) groups is 2. The Morgan fingerprint density at radius 3 is 1.86 bits per heavy atom. The van der Waals surface area contributed by atoms with E-state index in [0.29, 0.717) is 39.8 Å². The maximum absolute atomic E-state index is 14.5. The third-order valence-electron chi connectivity index (χ3n) is 7.93. The highest BCUT2D eigenvalue weighted by atomic mass is 32.1. The van der Waals surface area contributed by atoms with Gasteiger partial charge in [-0.15, -0.1) is 11.3 Å². The minimum atomic E-state index is -1.14. The summed E-state index contributed by atoms with van der Waals surface area (Å²) in [7, 11) is 8.82. The fraction of sp³-hybridized carbons (Fsp3) is 0.250. The maximum atomic E-state index is 14.5. The third kappa shape index (κ3) is 6.44. The molecule has 1 aromatic heterocycles. The number of carbonyl (C=O) groups excluding carboxylic acids is 2. The van der Waals surface area contributed by atoms with Crippen molar-refractivity contribution in [3.8, 4) is 34.5 Å². The fourth-order valence-electron chi connectivity index (χ4n) is 5.73. The average molecular weight is 704 g/mol. The van der Waals surface area contributed by atoms with Crippen LogP contribution in [0, 0.1) is 0 Å². The molecule has 0 saturated carbocycles. The largest absolute Gasteiger partial charge is 0.493 e. The van der Waals surface area contributed by atoms with Crippen LogP contribution in [0.5, 0.6) is 34.5 Å². The molecule has 0 radical (unpaired) electrons. The second-order valence-electron chi connectivity index (χ2n) is 10.7. The Balaban J connectivity index is 1.90. The van der Waals surface area contributed by atoms with Gasteiger partial charge < -0.3 is 44.2 Å². The van der Waals surface area contributed by atoms with Gasteiger partial charge in [-0.2, -0.15) is 0 Å². The lowest BCUT2D eigenvalue weighted by atomic mass is 9.82. The lowest BCUT2D eigenvalue weighted by Gasteiger charge is -2.28. The number of ether oxygens (including phenoxy) is 7. The van der Waals surface area contributed by atoms with E-state index in [1.54, 1.807) is 61.5 Å². The van der Waals surface area contributed by atoms with Gasteiger partial charge in [0, 0.05) is 5.69 Å². The van der Waals surface area contributed by atoms with E-state index in [2.05, 4.69) is 5.32 Å². The molecule has 3 N–H and O–H groups in total. The molecule has 0 spiro atoms. The maximum Gasteiger partial charge on any atom is 0.338 e. The molecule has 1 unspecified atom stereocenters. The van der Waals surface area contributed by atoms with E-state index in [4.69, 9.17) is 38.9 Å². The van der Waals surface area contributed by atoms with Gasteiger partial charge in [0.15, 0.2) is 23.0 Å². The van der Waals surface area contributed by atoms with Crippen molar-refractivity contribution in [2.24, 2.45) is 5.73 Å². The van der Waals surface area contributed by atoms with Gasteiger partial charge in [-0.1, -0.05) is 18.2 Å². The number of nitrogens with one attached hydrogen (secondary N) is 1. The van der Waals surface area contributed by atoms with E-state index in [9.17, 15) is 14.4 Å². The van der Waals surface area contributed by atoms with Crippen molar-refractivity contribution in [1.82, 2.24) is 4.57 Å². The Morgan fingerprint density at radius 2 is 1.36 bits per heavy atom. The summed E-state index contributed by atoms with van der Waals surface area (Å²) in [6, 6.07) is 15.4. The molecule has 2 heterocycles. The molecular weight excluding hydrogens is 666 g/mol. The van der Waals surface area contributed by atoms with Crippen molar-refractivity contribution in [3.63, 3.8) is 0 Å². The minimum absolute atomic E-state index is 0.00862. The number of aromatic nitrogens is 1. The molecule has 0 fully saturated rings. The second-order valence-corrected chi connectivity index (χ2v) is 11.7. The van der Waals surface area contributed by atoms with Crippen LogP contribution >= 0.6 is 11.3 Å². The lowest BCUT2D eigenvalue weighted by molar-refractivity contribution is -0.138. The second kappa shape index (κ2) is 15.1. The smallest absolute Gasteiger partial charge is 0.338 e. The Morgan fingerprint density at radius 1 is 0.820 bits per heavy atom. The summed E-state index contributed by atoms with van der Waals surface area (Å²) in [4.78, 5) is 42.5. The molecule has 0 saturated heterocycles. The van der Waals surface area contributed by atoms with Crippen molar-refractivity contribution in [2.45, 2.75) is 12.8 Å². The first-order valence-corrected chi connectivity index (χ1v) is 16.1. The molecule has 1 atom stereocenters. The van der Waals surface area contributed by atoms with Gasteiger partial charge in [0.05, 0.1) is 70.9 Å². The predicted octanol–water partition coefficient (Wildman–Crippen LogP) is 3.07. The molecule has 4 aromatic rings. The first-order chi connectivity index (χ1) is 24.1. The fourth-order valence-corrected chi connectivity index (χ4v) is 6.91. The molecule has 1 amide bonds. The van der Waals surface area contributed by atoms with Gasteiger partial charge in [-0.3, -0.25) is 14.2 Å². The summed E-state index contributed by atoms with van der Waals surface area (Å²) in [5, 5.41) is 2.92. The van der Waals surface area contributed by atoms with Gasteiger partial charge in [0.2, 0.25) is 11.5 Å². The number of hydrogen-bond acceptors (Lipinski definition) is 12. The monoisotopic (exact) mass is 703 g/mol. The van der Waals surface area contributed by atoms with Crippen LogP contribution in [-0.4, -0.2) is 65.7 Å². The van der Waals surface area contributed by atoms with E-state index >= 15 is 0 Å². The Labute approximate surface area is 291 Å². The number of esters is 1. The Hall–Kier alpha value is -5.89. The van der Waals surface area contributed by atoms with Gasteiger partial charge in [0.25, 0.3) is 11.5 Å². The number of hydrogen-bond donors (Lipinski definition) is 2. The highest BCUT2D eigenvalue weighted by molar-refractivity contribution is 7.07. The normalized spacial score (nSPS) is 14.1. The topological polar surface area (TPSA) is 159 Å². The first-order valence-electron chi connectivity index (χ1n) is 15.3. The molecule has 50 heavy (non-hydrogen) atoms. The molecule has 1 aliphatic heterocycles. The first kappa shape index (κ1) is 35.4. The number of benzene rings is 3. The number of nitrogens with two attached hydrogens (primary N) is 1. The molecule has 14 heteroatoms. The lowest BCUT2D eigenvalue weighted by Crippen LogP contribution is -2.42. The molecule has 1 aliphatic rings. The van der Waals surface area contributed by atoms with Crippen LogP contribution in [0.1, 0.15) is 24.0 Å². The third-order valence-corrected chi connectivity index (χ3v) is 9.03. The number of amides is 1. The van der Waals surface area contributed by atoms with Crippen LogP contribution in [0.3, 0.4) is 0 Å². The average Bonchev–Trinajstić information content (AvgIpc) is 3.45. The highest BCUT2D eigenvalue weighted by Gasteiger charge is 2.40. The molecule has 0 aliphatic carbocycles. The Kier molecular flexibility index (Phi) is 10.7. The van der Waals surface area contributed by atoms with Gasteiger partial charge >= 0.3 is 5.97 Å². The van der Waals surface area contributed by atoms with Crippen LogP contribution in [0.25, 0.3) is 17.5 Å². The standard InChI is InChI=1S/C36H37N3O10S/c1-8-49-36(42)28-27(20-17-24(45-4)31(48-7)25(18-20)46-5)29(33(40)38-21-12-10-9-11-13-21)35-39(32(28)37)34(41)26(50-35)16-19-14-22(43-2)30(47-6)23(15-19)44-3/h9-18,27H,8,37H2,1-7H3,(H,38,40)/b26-16+. The summed E-state index contributed by atoms with van der Waals surface area (Å²) < 4.78 is 40.3. The van der Waals surface area contributed by atoms with Crippen molar-refractivity contribution < 1.29 is 42.7 Å². The zero-order valence-corrected chi connectivity index (χ0v) is 29.4. The van der Waals surface area contributed by atoms with Gasteiger partial charge in [-0.05, 0) is 60.5 Å². The van der Waals surface area contributed by atoms with E-state index in [0.717, 1.165) is 15.9 Å². The van der Waals surface area contributed by atoms with E-state index in [1.807, 2.05) is 6.07 Å². The summed E-state index contributed by atoms with van der Waals surface area (Å²) >= 11 is 1.03. The van der Waals surface area contributed by atoms with Crippen molar-refractivity contribution in [3.05, 3.63) is 90.8 Å². The van der Waals surface area contributed by atoms with Crippen LogP contribution in [-0.2, 0) is 14.3 Å².